The van der Waals surface area contributed by atoms with Crippen LogP contribution in [0.15, 0.2) is 0 Å². The molecule has 1 fully saturated rings. The first-order valence-corrected chi connectivity index (χ1v) is 8.50. The zero-order valence-electron chi connectivity index (χ0n) is 7.37. The molecule has 10 heavy (non-hydrogen) atoms. The topological polar surface area (TPSA) is 0 Å². The van der Waals surface area contributed by atoms with E-state index in [2.05, 4.69) is 42.5 Å². The lowest BCUT2D eigenvalue weighted by molar-refractivity contribution is 0.790. The summed E-state index contributed by atoms with van der Waals surface area (Å²) in [7, 11) is -0.884. The second-order valence-corrected chi connectivity index (χ2v) is 11.0. The van der Waals surface area contributed by atoms with E-state index in [1.807, 2.05) is 0 Å². The Morgan fingerprint density at radius 3 is 1.90 bits per heavy atom. The van der Waals surface area contributed by atoms with Crippen molar-refractivity contribution >= 4 is 24.0 Å². The standard InChI is InChI=1S/C8H17BrSi/c1-5-8(6-7(8)9)10(2,3)4/h7H,5-6H2,1-4H3. The van der Waals surface area contributed by atoms with Gasteiger partial charge in [-0.1, -0.05) is 48.9 Å². The number of hydrogen-bond donors (Lipinski definition) is 0. The van der Waals surface area contributed by atoms with Gasteiger partial charge in [0.1, 0.15) is 0 Å². The summed E-state index contributed by atoms with van der Waals surface area (Å²) in [6.07, 6.45) is 2.80. The second-order valence-electron chi connectivity index (χ2n) is 4.43. The molecule has 1 rings (SSSR count). The molecule has 0 aromatic carbocycles. The van der Waals surface area contributed by atoms with Crippen molar-refractivity contribution in [3.63, 3.8) is 0 Å². The highest BCUT2D eigenvalue weighted by Gasteiger charge is 2.58. The molecule has 0 aromatic heterocycles. The smallest absolute Gasteiger partial charge is 0.0520 e. The highest BCUT2D eigenvalue weighted by molar-refractivity contribution is 9.09. The maximum atomic E-state index is 3.74. The van der Waals surface area contributed by atoms with E-state index >= 15 is 0 Å². The van der Waals surface area contributed by atoms with Crippen LogP contribution in [0.3, 0.4) is 0 Å². The molecule has 1 aliphatic carbocycles. The molecule has 0 amide bonds. The van der Waals surface area contributed by atoms with E-state index in [1.54, 1.807) is 0 Å². The van der Waals surface area contributed by atoms with Crippen LogP contribution in [-0.2, 0) is 0 Å². The molecular formula is C8H17BrSi. The van der Waals surface area contributed by atoms with Crippen molar-refractivity contribution in [2.24, 2.45) is 0 Å². The number of hydrogen-bond acceptors (Lipinski definition) is 0. The van der Waals surface area contributed by atoms with Crippen molar-refractivity contribution in [3.8, 4) is 0 Å². The lowest BCUT2D eigenvalue weighted by atomic mass is 10.3. The predicted molar refractivity (Wildman–Crippen MR) is 53.7 cm³/mol. The normalized spacial score (nSPS) is 39.9. The Balaban J connectivity index is 2.69. The molecule has 0 heterocycles. The zero-order valence-corrected chi connectivity index (χ0v) is 9.96. The number of alkyl halides is 1. The molecule has 60 valence electrons. The summed E-state index contributed by atoms with van der Waals surface area (Å²) >= 11 is 3.74. The summed E-state index contributed by atoms with van der Waals surface area (Å²) in [5.41, 5.74) is 0. The first-order chi connectivity index (χ1) is 4.44. The van der Waals surface area contributed by atoms with E-state index in [4.69, 9.17) is 0 Å². The third-order valence-corrected chi connectivity index (χ3v) is 8.62. The van der Waals surface area contributed by atoms with Crippen molar-refractivity contribution in [1.82, 2.24) is 0 Å². The van der Waals surface area contributed by atoms with Gasteiger partial charge in [0.25, 0.3) is 0 Å². The van der Waals surface area contributed by atoms with Crippen LogP contribution >= 0.6 is 15.9 Å². The van der Waals surface area contributed by atoms with Gasteiger partial charge in [0.2, 0.25) is 0 Å². The fraction of sp³-hybridized carbons (Fsp3) is 1.00. The molecule has 1 aliphatic rings. The summed E-state index contributed by atoms with van der Waals surface area (Å²) in [5, 5.41) is 0.743. The maximum absolute atomic E-state index is 3.74. The Morgan fingerprint density at radius 2 is 1.90 bits per heavy atom. The number of halogens is 1. The Kier molecular flexibility index (Phi) is 2.06. The van der Waals surface area contributed by atoms with Crippen molar-refractivity contribution in [1.29, 1.82) is 0 Å². The molecule has 0 saturated heterocycles. The Morgan fingerprint density at radius 1 is 1.50 bits per heavy atom. The molecule has 0 bridgehead atoms. The van der Waals surface area contributed by atoms with E-state index in [0.717, 1.165) is 9.87 Å². The summed E-state index contributed by atoms with van der Waals surface area (Å²) in [6.45, 7) is 9.78. The van der Waals surface area contributed by atoms with Crippen molar-refractivity contribution in [2.45, 2.75) is 49.3 Å². The van der Waals surface area contributed by atoms with Crippen LogP contribution in [0.5, 0.6) is 0 Å². The number of rotatable bonds is 2. The van der Waals surface area contributed by atoms with Crippen LogP contribution in [0.25, 0.3) is 0 Å². The van der Waals surface area contributed by atoms with Gasteiger partial charge in [0, 0.05) is 4.83 Å². The first-order valence-electron chi connectivity index (χ1n) is 4.08. The van der Waals surface area contributed by atoms with Crippen LogP contribution < -0.4 is 0 Å². The fourth-order valence-corrected chi connectivity index (χ4v) is 8.01. The fourth-order valence-electron chi connectivity index (χ4n) is 1.93. The highest BCUT2D eigenvalue weighted by Crippen LogP contribution is 2.66. The van der Waals surface area contributed by atoms with E-state index in [-0.39, 0.29) is 0 Å². The monoisotopic (exact) mass is 220 g/mol. The average molecular weight is 221 g/mol. The van der Waals surface area contributed by atoms with Crippen LogP contribution in [0, 0.1) is 0 Å². The molecular weight excluding hydrogens is 204 g/mol. The van der Waals surface area contributed by atoms with Gasteiger partial charge >= 0.3 is 0 Å². The predicted octanol–water partition coefficient (Wildman–Crippen LogP) is 3.64. The SMILES string of the molecule is CCC1([Si](C)(C)C)CC1Br. The van der Waals surface area contributed by atoms with Crippen molar-refractivity contribution in [3.05, 3.63) is 0 Å². The molecule has 0 nitrogen and oxygen atoms in total. The summed E-state index contributed by atoms with van der Waals surface area (Å²) in [4.78, 5) is 0.844. The van der Waals surface area contributed by atoms with Crippen LogP contribution in [0.4, 0.5) is 0 Å². The lowest BCUT2D eigenvalue weighted by Gasteiger charge is -2.28. The van der Waals surface area contributed by atoms with Gasteiger partial charge < -0.3 is 0 Å². The summed E-state index contributed by atoms with van der Waals surface area (Å²) < 4.78 is 0. The summed E-state index contributed by atoms with van der Waals surface area (Å²) in [6, 6.07) is 0. The van der Waals surface area contributed by atoms with Gasteiger partial charge in [-0.3, -0.25) is 0 Å². The van der Waals surface area contributed by atoms with Crippen LogP contribution in [-0.4, -0.2) is 12.9 Å². The van der Waals surface area contributed by atoms with Gasteiger partial charge in [-0.2, -0.15) is 0 Å². The molecule has 0 spiro atoms. The Labute approximate surface area is 73.5 Å². The maximum Gasteiger partial charge on any atom is 0.0520 e. The molecule has 2 heteroatoms. The van der Waals surface area contributed by atoms with E-state index < -0.39 is 8.07 Å². The average Bonchev–Trinajstić information content (AvgIpc) is 2.40. The molecule has 0 aliphatic heterocycles. The van der Waals surface area contributed by atoms with Gasteiger partial charge in [-0.25, -0.2) is 0 Å². The molecule has 0 aromatic rings. The van der Waals surface area contributed by atoms with E-state index in [9.17, 15) is 0 Å². The van der Waals surface area contributed by atoms with Gasteiger partial charge in [-0.15, -0.1) is 0 Å². The van der Waals surface area contributed by atoms with Gasteiger partial charge in [-0.05, 0) is 11.5 Å². The largest absolute Gasteiger partial charge is 0.0888 e. The van der Waals surface area contributed by atoms with Crippen LogP contribution in [0.1, 0.15) is 19.8 Å². The Hall–Kier alpha value is 0.697. The van der Waals surface area contributed by atoms with E-state index in [1.165, 1.54) is 12.8 Å². The minimum absolute atomic E-state index is 0.743. The quantitative estimate of drug-likeness (QED) is 0.493. The molecule has 2 atom stereocenters. The zero-order chi connectivity index (χ0) is 7.99. The highest BCUT2D eigenvalue weighted by atomic mass is 79.9. The molecule has 1 saturated carbocycles. The van der Waals surface area contributed by atoms with Crippen molar-refractivity contribution < 1.29 is 0 Å². The third kappa shape index (κ3) is 1.09. The van der Waals surface area contributed by atoms with Crippen molar-refractivity contribution in [2.75, 3.05) is 0 Å². The lowest BCUT2D eigenvalue weighted by Crippen LogP contribution is -2.30. The minimum atomic E-state index is -0.884. The minimum Gasteiger partial charge on any atom is -0.0888 e. The third-order valence-electron chi connectivity index (χ3n) is 3.11. The molecule has 2 unspecified atom stereocenters. The van der Waals surface area contributed by atoms with Gasteiger partial charge in [0.15, 0.2) is 0 Å². The first kappa shape index (κ1) is 8.79. The van der Waals surface area contributed by atoms with Crippen LogP contribution in [0.2, 0.25) is 24.7 Å². The Bertz CT molecular complexity index is 135. The van der Waals surface area contributed by atoms with E-state index in [0.29, 0.717) is 0 Å². The molecule has 0 N–H and O–H groups in total. The molecule has 0 radical (unpaired) electrons. The summed E-state index contributed by atoms with van der Waals surface area (Å²) in [5.74, 6) is 0. The second kappa shape index (κ2) is 2.34. The van der Waals surface area contributed by atoms with Gasteiger partial charge in [0.05, 0.1) is 8.07 Å².